The molecule has 0 amide bonds. The highest BCUT2D eigenvalue weighted by molar-refractivity contribution is 5.44. The van der Waals surface area contributed by atoms with E-state index in [2.05, 4.69) is 79.1 Å². The number of benzene rings is 2. The molecular formula is C28H32. The van der Waals surface area contributed by atoms with Gasteiger partial charge >= 0.3 is 0 Å². The minimum atomic E-state index is 0.750. The summed E-state index contributed by atoms with van der Waals surface area (Å²) in [6, 6.07) is 17.5. The van der Waals surface area contributed by atoms with E-state index >= 15 is 0 Å². The molecule has 0 heteroatoms. The first-order valence-electron chi connectivity index (χ1n) is 10.9. The van der Waals surface area contributed by atoms with Gasteiger partial charge in [0, 0.05) is 17.5 Å². The first-order chi connectivity index (χ1) is 13.8. The number of hydrogen-bond acceptors (Lipinski definition) is 0. The molecule has 1 aliphatic carbocycles. The van der Waals surface area contributed by atoms with Gasteiger partial charge in [0.05, 0.1) is 0 Å². The monoisotopic (exact) mass is 368 g/mol. The SMILES string of the molecule is CC#CCCc1ccc(C#Cc2ccc(C3CCC(CCC)CC3)cc2)cc1. The Morgan fingerprint density at radius 2 is 1.43 bits per heavy atom. The van der Waals surface area contributed by atoms with Crippen LogP contribution in [0.15, 0.2) is 48.5 Å². The van der Waals surface area contributed by atoms with Crippen LogP contribution in [0.2, 0.25) is 0 Å². The Labute approximate surface area is 171 Å². The highest BCUT2D eigenvalue weighted by Crippen LogP contribution is 2.37. The van der Waals surface area contributed by atoms with Crippen molar-refractivity contribution in [3.05, 3.63) is 70.8 Å². The molecule has 144 valence electrons. The number of rotatable bonds is 5. The smallest absolute Gasteiger partial charge is 0.0249 e. The fourth-order valence-electron chi connectivity index (χ4n) is 4.26. The van der Waals surface area contributed by atoms with Crippen molar-refractivity contribution in [1.82, 2.24) is 0 Å². The second-order valence-electron chi connectivity index (χ2n) is 8.00. The summed E-state index contributed by atoms with van der Waals surface area (Å²) in [5, 5.41) is 0. The van der Waals surface area contributed by atoms with Crippen LogP contribution in [-0.4, -0.2) is 0 Å². The molecule has 1 saturated carbocycles. The quantitative estimate of drug-likeness (QED) is 0.493. The minimum absolute atomic E-state index is 0.750. The lowest BCUT2D eigenvalue weighted by Gasteiger charge is -2.28. The Hall–Kier alpha value is -2.44. The van der Waals surface area contributed by atoms with Gasteiger partial charge in [-0.3, -0.25) is 0 Å². The van der Waals surface area contributed by atoms with Gasteiger partial charge in [0.15, 0.2) is 0 Å². The van der Waals surface area contributed by atoms with Crippen molar-refractivity contribution in [1.29, 1.82) is 0 Å². The van der Waals surface area contributed by atoms with Crippen LogP contribution in [0.3, 0.4) is 0 Å². The molecule has 0 aliphatic heterocycles. The molecule has 2 aromatic carbocycles. The Morgan fingerprint density at radius 3 is 2.00 bits per heavy atom. The third-order valence-electron chi connectivity index (χ3n) is 5.95. The average Bonchev–Trinajstić information content (AvgIpc) is 2.75. The summed E-state index contributed by atoms with van der Waals surface area (Å²) >= 11 is 0. The minimum Gasteiger partial charge on any atom is -0.107 e. The van der Waals surface area contributed by atoms with Crippen LogP contribution < -0.4 is 0 Å². The van der Waals surface area contributed by atoms with Crippen LogP contribution in [0.1, 0.15) is 87.0 Å². The average molecular weight is 369 g/mol. The molecule has 0 atom stereocenters. The Morgan fingerprint density at radius 1 is 0.821 bits per heavy atom. The maximum Gasteiger partial charge on any atom is 0.0249 e. The van der Waals surface area contributed by atoms with Crippen LogP contribution in [0.5, 0.6) is 0 Å². The van der Waals surface area contributed by atoms with E-state index in [1.165, 1.54) is 49.7 Å². The van der Waals surface area contributed by atoms with Crippen LogP contribution in [0.4, 0.5) is 0 Å². The van der Waals surface area contributed by atoms with E-state index in [1.807, 2.05) is 6.92 Å². The predicted octanol–water partition coefficient (Wildman–Crippen LogP) is 7.12. The molecule has 0 aromatic heterocycles. The molecule has 0 unspecified atom stereocenters. The summed E-state index contributed by atoms with van der Waals surface area (Å²) < 4.78 is 0. The molecule has 0 bridgehead atoms. The van der Waals surface area contributed by atoms with Gasteiger partial charge in [-0.15, -0.1) is 11.8 Å². The molecule has 28 heavy (non-hydrogen) atoms. The van der Waals surface area contributed by atoms with Gasteiger partial charge in [-0.1, -0.05) is 55.9 Å². The van der Waals surface area contributed by atoms with Crippen molar-refractivity contribution in [2.24, 2.45) is 5.92 Å². The molecule has 0 saturated heterocycles. The lowest BCUT2D eigenvalue weighted by molar-refractivity contribution is 0.308. The van der Waals surface area contributed by atoms with E-state index in [9.17, 15) is 0 Å². The molecule has 2 aromatic rings. The topological polar surface area (TPSA) is 0 Å². The third-order valence-corrected chi connectivity index (χ3v) is 5.95. The first kappa shape index (κ1) is 20.3. The summed E-state index contributed by atoms with van der Waals surface area (Å²) in [5.74, 6) is 14.4. The summed E-state index contributed by atoms with van der Waals surface area (Å²) in [4.78, 5) is 0. The first-order valence-corrected chi connectivity index (χ1v) is 10.9. The van der Waals surface area contributed by atoms with E-state index in [-0.39, 0.29) is 0 Å². The molecule has 0 N–H and O–H groups in total. The Kier molecular flexibility index (Phi) is 7.82. The zero-order valence-corrected chi connectivity index (χ0v) is 17.4. The number of aryl methyl sites for hydroxylation is 1. The predicted molar refractivity (Wildman–Crippen MR) is 120 cm³/mol. The highest BCUT2D eigenvalue weighted by atomic mass is 14.3. The zero-order valence-electron chi connectivity index (χ0n) is 17.4. The Balaban J connectivity index is 1.55. The van der Waals surface area contributed by atoms with E-state index in [4.69, 9.17) is 0 Å². The molecule has 0 nitrogen and oxygen atoms in total. The molecule has 3 rings (SSSR count). The molecule has 1 aliphatic rings. The number of hydrogen-bond donors (Lipinski definition) is 0. The van der Waals surface area contributed by atoms with Gasteiger partial charge in [-0.05, 0) is 86.3 Å². The molecule has 0 radical (unpaired) electrons. The van der Waals surface area contributed by atoms with E-state index in [0.717, 1.165) is 35.8 Å². The summed E-state index contributed by atoms with van der Waals surface area (Å²) in [7, 11) is 0. The maximum absolute atomic E-state index is 3.31. The van der Waals surface area contributed by atoms with E-state index < -0.39 is 0 Å². The van der Waals surface area contributed by atoms with Gasteiger partial charge in [0.1, 0.15) is 0 Å². The third kappa shape index (κ3) is 6.04. The summed E-state index contributed by atoms with van der Waals surface area (Å²) in [6.45, 7) is 4.20. The largest absolute Gasteiger partial charge is 0.107 e. The normalized spacial score (nSPS) is 18.5. The summed E-state index contributed by atoms with van der Waals surface area (Å²) in [5.41, 5.74) is 5.00. The second kappa shape index (κ2) is 10.8. The van der Waals surface area contributed by atoms with Crippen molar-refractivity contribution < 1.29 is 0 Å². The van der Waals surface area contributed by atoms with Crippen molar-refractivity contribution in [3.63, 3.8) is 0 Å². The Bertz CT molecular complexity index is 839. The van der Waals surface area contributed by atoms with Crippen molar-refractivity contribution in [3.8, 4) is 23.7 Å². The van der Waals surface area contributed by atoms with Gasteiger partial charge in [-0.25, -0.2) is 0 Å². The van der Waals surface area contributed by atoms with Gasteiger partial charge in [0.25, 0.3) is 0 Å². The summed E-state index contributed by atoms with van der Waals surface area (Å²) in [6.07, 6.45) is 10.2. The fourth-order valence-corrected chi connectivity index (χ4v) is 4.26. The standard InChI is InChI=1S/C28H32/c1-3-5-6-8-24-9-11-25(12-10-24)13-14-26-17-21-28(22-18-26)27-19-15-23(7-4-2)16-20-27/h9-12,17-18,21-23,27H,4,6-8,15-16,19-20H2,1-2H3. The second-order valence-corrected chi connectivity index (χ2v) is 8.00. The van der Waals surface area contributed by atoms with Crippen molar-refractivity contribution >= 4 is 0 Å². The highest BCUT2D eigenvalue weighted by Gasteiger charge is 2.21. The maximum atomic E-state index is 3.31. The lowest BCUT2D eigenvalue weighted by Crippen LogP contribution is -2.13. The molecule has 0 heterocycles. The molecule has 1 fully saturated rings. The fraction of sp³-hybridized carbons (Fsp3) is 0.429. The van der Waals surface area contributed by atoms with Gasteiger partial charge in [-0.2, -0.15) is 0 Å². The van der Waals surface area contributed by atoms with Crippen LogP contribution in [0.25, 0.3) is 0 Å². The van der Waals surface area contributed by atoms with Crippen LogP contribution in [-0.2, 0) is 6.42 Å². The van der Waals surface area contributed by atoms with Crippen molar-refractivity contribution in [2.45, 2.75) is 71.1 Å². The van der Waals surface area contributed by atoms with E-state index in [1.54, 1.807) is 0 Å². The van der Waals surface area contributed by atoms with Gasteiger partial charge < -0.3 is 0 Å². The van der Waals surface area contributed by atoms with Crippen molar-refractivity contribution in [2.75, 3.05) is 0 Å². The molecule has 0 spiro atoms. The lowest BCUT2D eigenvalue weighted by atomic mass is 9.77. The molecular weight excluding hydrogens is 336 g/mol. The zero-order chi connectivity index (χ0) is 19.6. The van der Waals surface area contributed by atoms with E-state index in [0.29, 0.717) is 0 Å². The van der Waals surface area contributed by atoms with Crippen LogP contribution in [0, 0.1) is 29.6 Å². The van der Waals surface area contributed by atoms with Gasteiger partial charge in [0.2, 0.25) is 0 Å². The van der Waals surface area contributed by atoms with Crippen LogP contribution >= 0.6 is 0 Å².